The van der Waals surface area contributed by atoms with Crippen molar-refractivity contribution in [1.29, 1.82) is 0 Å². The average molecular weight is 273 g/mol. The highest BCUT2D eigenvalue weighted by Crippen LogP contribution is 2.30. The van der Waals surface area contributed by atoms with Crippen molar-refractivity contribution in [2.45, 2.75) is 72.3 Å². The topological polar surface area (TPSA) is 12.0 Å². The molecule has 0 saturated carbocycles. The fraction of sp³-hybridized carbons (Fsp3) is 0.684. The molecule has 1 aliphatic carbocycles. The van der Waals surface area contributed by atoms with E-state index in [0.717, 1.165) is 6.54 Å². The quantitative estimate of drug-likeness (QED) is 0.765. The molecule has 0 aliphatic heterocycles. The zero-order chi connectivity index (χ0) is 14.6. The Bertz CT molecular complexity index is 428. The zero-order valence-electron chi connectivity index (χ0n) is 13.8. The van der Waals surface area contributed by atoms with E-state index in [0.29, 0.717) is 11.5 Å². The first kappa shape index (κ1) is 15.6. The van der Waals surface area contributed by atoms with Crippen LogP contribution in [0.15, 0.2) is 18.2 Å². The molecule has 1 aromatic rings. The van der Waals surface area contributed by atoms with Crippen molar-refractivity contribution >= 4 is 0 Å². The first-order chi connectivity index (χ1) is 9.49. The molecule has 2 rings (SSSR count). The Kier molecular flexibility index (Phi) is 5.26. The highest BCUT2D eigenvalue weighted by molar-refractivity contribution is 5.36. The number of nitrogens with one attached hydrogen (secondary N) is 1. The van der Waals surface area contributed by atoms with Gasteiger partial charge in [0.15, 0.2) is 0 Å². The highest BCUT2D eigenvalue weighted by Gasteiger charge is 2.18. The lowest BCUT2D eigenvalue weighted by Crippen LogP contribution is -2.23. The van der Waals surface area contributed by atoms with Crippen LogP contribution in [0, 0.1) is 5.41 Å². The summed E-state index contributed by atoms with van der Waals surface area (Å²) < 4.78 is 0. The van der Waals surface area contributed by atoms with E-state index in [4.69, 9.17) is 0 Å². The maximum Gasteiger partial charge on any atom is 0.0320 e. The highest BCUT2D eigenvalue weighted by atomic mass is 14.9. The van der Waals surface area contributed by atoms with Gasteiger partial charge in [0.05, 0.1) is 0 Å². The van der Waals surface area contributed by atoms with E-state index in [1.165, 1.54) is 44.1 Å². The number of hydrogen-bond acceptors (Lipinski definition) is 1. The summed E-state index contributed by atoms with van der Waals surface area (Å²) in [5.41, 5.74) is 5.10. The van der Waals surface area contributed by atoms with Crippen molar-refractivity contribution in [2.75, 3.05) is 6.54 Å². The largest absolute Gasteiger partial charge is 0.310 e. The third kappa shape index (κ3) is 4.34. The SMILES string of the molecule is CCCNC(CCC(C)(C)C)c1ccc2c(c1)CCC2. The first-order valence-corrected chi connectivity index (χ1v) is 8.34. The normalized spacial score (nSPS) is 16.2. The summed E-state index contributed by atoms with van der Waals surface area (Å²) in [4.78, 5) is 0. The van der Waals surface area contributed by atoms with Gasteiger partial charge in [-0.15, -0.1) is 0 Å². The number of aryl methyl sites for hydroxylation is 2. The molecule has 1 aliphatic rings. The van der Waals surface area contributed by atoms with Gasteiger partial charge in [-0.05, 0) is 67.2 Å². The van der Waals surface area contributed by atoms with Gasteiger partial charge < -0.3 is 5.32 Å². The second-order valence-corrected chi connectivity index (χ2v) is 7.49. The molecule has 0 aromatic heterocycles. The fourth-order valence-corrected chi connectivity index (χ4v) is 3.09. The van der Waals surface area contributed by atoms with E-state index >= 15 is 0 Å². The standard InChI is InChI=1S/C19H31N/c1-5-13-20-18(11-12-19(2,3)4)17-10-9-15-7-6-8-16(15)14-17/h9-10,14,18,20H,5-8,11-13H2,1-4H3. The third-order valence-corrected chi connectivity index (χ3v) is 4.35. The van der Waals surface area contributed by atoms with Crippen LogP contribution in [0.3, 0.4) is 0 Å². The van der Waals surface area contributed by atoms with Gasteiger partial charge in [0.1, 0.15) is 0 Å². The summed E-state index contributed by atoms with van der Waals surface area (Å²) in [5, 5.41) is 3.75. The minimum Gasteiger partial charge on any atom is -0.310 e. The summed E-state index contributed by atoms with van der Waals surface area (Å²) in [5.74, 6) is 0. The Morgan fingerprint density at radius 1 is 1.15 bits per heavy atom. The van der Waals surface area contributed by atoms with Crippen LogP contribution in [0.2, 0.25) is 0 Å². The lowest BCUT2D eigenvalue weighted by Gasteiger charge is -2.25. The van der Waals surface area contributed by atoms with Gasteiger partial charge in [-0.3, -0.25) is 0 Å². The van der Waals surface area contributed by atoms with E-state index in [2.05, 4.69) is 51.2 Å². The maximum absolute atomic E-state index is 3.75. The molecule has 0 radical (unpaired) electrons. The van der Waals surface area contributed by atoms with Crippen molar-refractivity contribution in [2.24, 2.45) is 5.41 Å². The monoisotopic (exact) mass is 273 g/mol. The number of rotatable bonds is 6. The number of benzene rings is 1. The molecule has 1 atom stereocenters. The molecule has 1 unspecified atom stereocenters. The number of hydrogen-bond donors (Lipinski definition) is 1. The van der Waals surface area contributed by atoms with Crippen LogP contribution in [-0.2, 0) is 12.8 Å². The van der Waals surface area contributed by atoms with Crippen molar-refractivity contribution in [1.82, 2.24) is 5.32 Å². The molecule has 0 heterocycles. The molecule has 1 heteroatoms. The Labute approximate surface area is 125 Å². The summed E-state index contributed by atoms with van der Waals surface area (Å²) in [6, 6.07) is 7.73. The minimum atomic E-state index is 0.420. The van der Waals surface area contributed by atoms with Crippen molar-refractivity contribution in [3.8, 4) is 0 Å². The van der Waals surface area contributed by atoms with Crippen molar-refractivity contribution in [3.63, 3.8) is 0 Å². The van der Waals surface area contributed by atoms with Gasteiger partial charge in [0.25, 0.3) is 0 Å². The molecule has 0 saturated heterocycles. The molecule has 112 valence electrons. The van der Waals surface area contributed by atoms with Crippen LogP contribution in [-0.4, -0.2) is 6.54 Å². The molecule has 20 heavy (non-hydrogen) atoms. The predicted octanol–water partition coefficient (Wildman–Crippen LogP) is 5.04. The van der Waals surface area contributed by atoms with Gasteiger partial charge in [-0.25, -0.2) is 0 Å². The average Bonchev–Trinajstić information content (AvgIpc) is 2.85. The maximum atomic E-state index is 3.75. The second kappa shape index (κ2) is 6.76. The lowest BCUT2D eigenvalue weighted by molar-refractivity contribution is 0.332. The zero-order valence-corrected chi connectivity index (χ0v) is 13.8. The molecule has 1 N–H and O–H groups in total. The van der Waals surface area contributed by atoms with Crippen LogP contribution in [0.5, 0.6) is 0 Å². The summed E-state index contributed by atoms with van der Waals surface area (Å²) in [6.45, 7) is 10.4. The molecule has 1 nitrogen and oxygen atoms in total. The van der Waals surface area contributed by atoms with Crippen LogP contribution in [0.1, 0.15) is 76.1 Å². The van der Waals surface area contributed by atoms with Crippen LogP contribution >= 0.6 is 0 Å². The van der Waals surface area contributed by atoms with E-state index < -0.39 is 0 Å². The van der Waals surface area contributed by atoms with Gasteiger partial charge in [-0.1, -0.05) is 45.9 Å². The summed E-state index contributed by atoms with van der Waals surface area (Å²) in [7, 11) is 0. The van der Waals surface area contributed by atoms with Crippen molar-refractivity contribution in [3.05, 3.63) is 34.9 Å². The Morgan fingerprint density at radius 2 is 1.90 bits per heavy atom. The van der Waals surface area contributed by atoms with Gasteiger partial charge in [-0.2, -0.15) is 0 Å². The predicted molar refractivity (Wildman–Crippen MR) is 88.2 cm³/mol. The second-order valence-electron chi connectivity index (χ2n) is 7.49. The van der Waals surface area contributed by atoms with Crippen molar-refractivity contribution < 1.29 is 0 Å². The van der Waals surface area contributed by atoms with Crippen LogP contribution < -0.4 is 5.32 Å². The van der Waals surface area contributed by atoms with Gasteiger partial charge >= 0.3 is 0 Å². The fourth-order valence-electron chi connectivity index (χ4n) is 3.09. The van der Waals surface area contributed by atoms with E-state index in [-0.39, 0.29) is 0 Å². The summed E-state index contributed by atoms with van der Waals surface area (Å²) in [6.07, 6.45) is 7.62. The minimum absolute atomic E-state index is 0.420. The Balaban J connectivity index is 2.09. The smallest absolute Gasteiger partial charge is 0.0320 e. The molecular formula is C19H31N. The molecular weight excluding hydrogens is 242 g/mol. The molecule has 0 bridgehead atoms. The molecule has 0 fully saturated rings. The van der Waals surface area contributed by atoms with E-state index in [1.807, 2.05) is 0 Å². The third-order valence-electron chi connectivity index (χ3n) is 4.35. The molecule has 0 spiro atoms. The molecule has 0 amide bonds. The van der Waals surface area contributed by atoms with E-state index in [9.17, 15) is 0 Å². The first-order valence-electron chi connectivity index (χ1n) is 8.34. The number of fused-ring (bicyclic) bond motifs is 1. The van der Waals surface area contributed by atoms with E-state index in [1.54, 1.807) is 11.1 Å². The van der Waals surface area contributed by atoms with Gasteiger partial charge in [0.2, 0.25) is 0 Å². The lowest BCUT2D eigenvalue weighted by atomic mass is 9.86. The summed E-state index contributed by atoms with van der Waals surface area (Å²) >= 11 is 0. The molecule has 1 aromatic carbocycles. The van der Waals surface area contributed by atoms with Crippen LogP contribution in [0.25, 0.3) is 0 Å². The Hall–Kier alpha value is -0.820. The Morgan fingerprint density at radius 3 is 2.60 bits per heavy atom. The van der Waals surface area contributed by atoms with Crippen LogP contribution in [0.4, 0.5) is 0 Å². The van der Waals surface area contributed by atoms with Gasteiger partial charge in [0, 0.05) is 6.04 Å².